The van der Waals surface area contributed by atoms with Gasteiger partial charge in [-0.1, -0.05) is 18.2 Å². The Bertz CT molecular complexity index is 389. The van der Waals surface area contributed by atoms with Crippen molar-refractivity contribution >= 4 is 32.7 Å². The van der Waals surface area contributed by atoms with Gasteiger partial charge in [0.05, 0.1) is 12.9 Å². The molecule has 0 aromatic heterocycles. The minimum absolute atomic E-state index is 0.00451. The van der Waals surface area contributed by atoms with Gasteiger partial charge in [0.1, 0.15) is 9.84 Å². The van der Waals surface area contributed by atoms with Crippen LogP contribution in [0.1, 0.15) is 39.0 Å². The van der Waals surface area contributed by atoms with Crippen molar-refractivity contribution in [2.24, 2.45) is 0 Å². The van der Waals surface area contributed by atoms with Crippen molar-refractivity contribution in [3.05, 3.63) is 0 Å². The van der Waals surface area contributed by atoms with E-state index in [1.165, 1.54) is 32.1 Å². The largest absolute Gasteiger partial charge is 0.469 e. The fourth-order valence-corrected chi connectivity index (χ4v) is 3.44. The molecule has 0 aromatic carbocycles. The Morgan fingerprint density at radius 2 is 1.84 bits per heavy atom. The molecule has 0 aliphatic rings. The van der Waals surface area contributed by atoms with Gasteiger partial charge < -0.3 is 4.74 Å². The summed E-state index contributed by atoms with van der Waals surface area (Å²) in [6.45, 7) is 1.48. The van der Waals surface area contributed by atoms with Gasteiger partial charge in [0, 0.05) is 24.9 Å². The molecule has 7 heteroatoms. The number of ether oxygens (including phenoxy) is 1. The minimum atomic E-state index is -3.00. The first kappa shape index (κ1) is 18.4. The molecule has 0 amide bonds. The van der Waals surface area contributed by atoms with Crippen LogP contribution >= 0.6 is 11.8 Å². The predicted octanol–water partition coefficient (Wildman–Crippen LogP) is 1.80. The van der Waals surface area contributed by atoms with Crippen LogP contribution in [0, 0.1) is 0 Å². The molecule has 0 heterocycles. The van der Waals surface area contributed by atoms with E-state index in [-0.39, 0.29) is 22.1 Å². The molecule has 0 fully saturated rings. The smallest absolute Gasteiger partial charge is 0.305 e. The van der Waals surface area contributed by atoms with Crippen molar-refractivity contribution in [1.82, 2.24) is 0 Å². The van der Waals surface area contributed by atoms with Crippen LogP contribution in [0.3, 0.4) is 0 Å². The lowest BCUT2D eigenvalue weighted by molar-refractivity contribution is -0.140. The molecule has 0 saturated carbocycles. The summed E-state index contributed by atoms with van der Waals surface area (Å²) < 4.78 is 26.8. The number of carbonyl (C=O) groups is 2. The number of hydrogen-bond donors (Lipinski definition) is 0. The fraction of sp³-hybridized carbons (Fsp3) is 0.833. The summed E-state index contributed by atoms with van der Waals surface area (Å²) in [7, 11) is -1.65. The Balaban J connectivity index is 4.06. The van der Waals surface area contributed by atoms with E-state index in [9.17, 15) is 18.0 Å². The molecule has 5 nitrogen and oxygen atoms in total. The van der Waals surface area contributed by atoms with Crippen LogP contribution in [0.4, 0.5) is 0 Å². The predicted molar refractivity (Wildman–Crippen MR) is 76.9 cm³/mol. The second kappa shape index (κ2) is 9.36. The van der Waals surface area contributed by atoms with E-state index >= 15 is 0 Å². The first-order valence-corrected chi connectivity index (χ1v) is 9.10. The van der Waals surface area contributed by atoms with Crippen LogP contribution in [-0.2, 0) is 24.2 Å². The zero-order chi connectivity index (χ0) is 14.9. The monoisotopic (exact) mass is 310 g/mol. The summed E-state index contributed by atoms with van der Waals surface area (Å²) in [5.74, 6) is -0.151. The minimum Gasteiger partial charge on any atom is -0.469 e. The first-order valence-electron chi connectivity index (χ1n) is 6.16. The molecular formula is C12H22O5S2. The summed E-state index contributed by atoms with van der Waals surface area (Å²) >= 11 is 1.19. The van der Waals surface area contributed by atoms with Crippen molar-refractivity contribution in [2.45, 2.75) is 44.3 Å². The number of unbranched alkanes of at least 4 members (excludes halogenated alkanes) is 1. The van der Waals surface area contributed by atoms with Gasteiger partial charge in [-0.05, 0) is 19.3 Å². The molecule has 0 bridgehead atoms. The van der Waals surface area contributed by atoms with Crippen molar-refractivity contribution in [2.75, 3.05) is 19.1 Å². The second-order valence-electron chi connectivity index (χ2n) is 4.47. The summed E-state index contributed by atoms with van der Waals surface area (Å²) in [5.41, 5.74) is 0. The third-order valence-corrected chi connectivity index (χ3v) is 4.64. The molecule has 0 aliphatic heterocycles. The Kier molecular flexibility index (Phi) is 9.08. The molecule has 1 unspecified atom stereocenters. The molecule has 0 aromatic rings. The van der Waals surface area contributed by atoms with Crippen LogP contribution in [-0.4, -0.2) is 43.9 Å². The number of methoxy groups -OCH3 is 1. The highest BCUT2D eigenvalue weighted by Gasteiger charge is 2.15. The van der Waals surface area contributed by atoms with Crippen LogP contribution in [0.25, 0.3) is 0 Å². The quantitative estimate of drug-likeness (QED) is 0.477. The lowest BCUT2D eigenvalue weighted by atomic mass is 10.1. The summed E-state index contributed by atoms with van der Waals surface area (Å²) in [6.07, 6.45) is 4.24. The maximum atomic E-state index is 11.1. The average Bonchev–Trinajstić information content (AvgIpc) is 2.29. The third-order valence-electron chi connectivity index (χ3n) is 2.53. The Labute approximate surface area is 119 Å². The zero-order valence-corrected chi connectivity index (χ0v) is 13.3. The molecule has 0 saturated heterocycles. The third kappa shape index (κ3) is 12.2. The number of sulfone groups is 1. The van der Waals surface area contributed by atoms with Gasteiger partial charge in [0.25, 0.3) is 0 Å². The van der Waals surface area contributed by atoms with Gasteiger partial charge in [-0.3, -0.25) is 9.59 Å². The molecule has 0 radical (unpaired) electrons. The van der Waals surface area contributed by atoms with Gasteiger partial charge in [-0.2, -0.15) is 0 Å². The van der Waals surface area contributed by atoms with Crippen LogP contribution in [0.2, 0.25) is 0 Å². The number of thioether (sulfide) groups is 1. The Morgan fingerprint density at radius 3 is 2.32 bits per heavy atom. The van der Waals surface area contributed by atoms with E-state index in [1.807, 2.05) is 0 Å². The lowest BCUT2D eigenvalue weighted by Gasteiger charge is -2.13. The number of rotatable bonds is 9. The van der Waals surface area contributed by atoms with E-state index in [0.29, 0.717) is 19.3 Å². The Hall–Kier alpha value is -0.560. The molecule has 19 heavy (non-hydrogen) atoms. The highest BCUT2D eigenvalue weighted by atomic mass is 32.2. The van der Waals surface area contributed by atoms with Gasteiger partial charge >= 0.3 is 5.97 Å². The maximum Gasteiger partial charge on any atom is 0.305 e. The van der Waals surface area contributed by atoms with E-state index in [2.05, 4.69) is 4.74 Å². The Morgan fingerprint density at radius 1 is 1.21 bits per heavy atom. The van der Waals surface area contributed by atoms with Gasteiger partial charge in [0.2, 0.25) is 0 Å². The van der Waals surface area contributed by atoms with Crippen LogP contribution < -0.4 is 0 Å². The zero-order valence-electron chi connectivity index (χ0n) is 11.7. The summed E-state index contributed by atoms with van der Waals surface area (Å²) in [5, 5.41) is -0.00339. The lowest BCUT2D eigenvalue weighted by Crippen LogP contribution is -2.13. The van der Waals surface area contributed by atoms with Gasteiger partial charge in [-0.25, -0.2) is 8.42 Å². The van der Waals surface area contributed by atoms with Crippen molar-refractivity contribution in [3.8, 4) is 0 Å². The van der Waals surface area contributed by atoms with E-state index in [1.54, 1.807) is 0 Å². The molecule has 0 N–H and O–H groups in total. The van der Waals surface area contributed by atoms with Gasteiger partial charge in [-0.15, -0.1) is 0 Å². The normalized spacial score (nSPS) is 13.0. The highest BCUT2D eigenvalue weighted by molar-refractivity contribution is 8.14. The molecule has 0 spiro atoms. The van der Waals surface area contributed by atoms with Crippen LogP contribution in [0.15, 0.2) is 0 Å². The highest BCUT2D eigenvalue weighted by Crippen LogP contribution is 2.22. The maximum absolute atomic E-state index is 11.1. The van der Waals surface area contributed by atoms with E-state index in [4.69, 9.17) is 0 Å². The molecule has 1 atom stereocenters. The van der Waals surface area contributed by atoms with Crippen molar-refractivity contribution < 1.29 is 22.7 Å². The van der Waals surface area contributed by atoms with Crippen molar-refractivity contribution in [1.29, 1.82) is 0 Å². The van der Waals surface area contributed by atoms with Gasteiger partial charge in [0.15, 0.2) is 5.12 Å². The topological polar surface area (TPSA) is 77.5 Å². The molecule has 0 rings (SSSR count). The molecule has 0 aliphatic carbocycles. The fourth-order valence-electron chi connectivity index (χ4n) is 1.59. The van der Waals surface area contributed by atoms with Crippen molar-refractivity contribution in [3.63, 3.8) is 0 Å². The molecular weight excluding hydrogens is 288 g/mol. The van der Waals surface area contributed by atoms with E-state index in [0.717, 1.165) is 12.8 Å². The average molecular weight is 310 g/mol. The second-order valence-corrected chi connectivity index (χ2v) is 8.21. The summed E-state index contributed by atoms with van der Waals surface area (Å²) in [6, 6.07) is 0. The SMILES string of the molecule is COC(=O)CCCCC(CCS(C)(=O)=O)SC(C)=O. The van der Waals surface area contributed by atoms with E-state index < -0.39 is 9.84 Å². The summed E-state index contributed by atoms with van der Waals surface area (Å²) in [4.78, 5) is 22.0. The molecule has 112 valence electrons. The number of carbonyl (C=O) groups excluding carboxylic acids is 2. The number of esters is 1. The van der Waals surface area contributed by atoms with Crippen LogP contribution in [0.5, 0.6) is 0 Å². The standard InChI is InChI=1S/C12H22O5S2/c1-10(13)18-11(8-9-19(3,15)16)6-4-5-7-12(14)17-2/h11H,4-9H2,1-3H3. The first-order chi connectivity index (χ1) is 8.74. The number of hydrogen-bond acceptors (Lipinski definition) is 6.